The fourth-order valence-electron chi connectivity index (χ4n) is 0.541. The molecule has 0 radical (unpaired) electrons. The Morgan fingerprint density at radius 1 is 1.67 bits per heavy atom. The molecular formula is C7H11NO. The molecule has 0 saturated heterocycles. The molecule has 0 aromatic heterocycles. The number of unbranched alkanes of at least 4 members (excludes halogenated alkanes) is 1. The lowest BCUT2D eigenvalue weighted by Gasteiger charge is -1.90. The van der Waals surface area contributed by atoms with Crippen LogP contribution in [0.3, 0.4) is 0 Å². The number of carbonyl (C=O) groups is 1. The highest BCUT2D eigenvalue weighted by molar-refractivity contribution is 5.77. The van der Waals surface area contributed by atoms with Gasteiger partial charge in [0.15, 0.2) is 0 Å². The lowest BCUT2D eigenvalue weighted by Crippen LogP contribution is -1.93. The molecule has 0 atom stereocenters. The number of nitrogens with zero attached hydrogens (tertiary/aromatic N) is 1. The summed E-state index contributed by atoms with van der Waals surface area (Å²) >= 11 is 0. The maximum Gasteiger partial charge on any atom is 0.132 e. The van der Waals surface area contributed by atoms with Crippen LogP contribution in [0.25, 0.3) is 0 Å². The highest BCUT2D eigenvalue weighted by Crippen LogP contribution is 1.96. The highest BCUT2D eigenvalue weighted by atomic mass is 16.1. The van der Waals surface area contributed by atoms with Gasteiger partial charge in [0.1, 0.15) is 5.78 Å². The summed E-state index contributed by atoms with van der Waals surface area (Å²) in [6.45, 7) is 1.84. The average Bonchev–Trinajstić information content (AvgIpc) is 1.89. The first kappa shape index (κ1) is 8.16. The SMILES string of the molecule is CCC(=O)CCCC#N. The van der Waals surface area contributed by atoms with Gasteiger partial charge in [0, 0.05) is 19.3 Å². The van der Waals surface area contributed by atoms with E-state index < -0.39 is 0 Å². The lowest BCUT2D eigenvalue weighted by atomic mass is 10.1. The molecule has 0 amide bonds. The Labute approximate surface area is 55.5 Å². The molecule has 0 fully saturated rings. The Bertz CT molecular complexity index is 123. The van der Waals surface area contributed by atoms with Gasteiger partial charge in [0.05, 0.1) is 6.07 Å². The third-order valence-electron chi connectivity index (χ3n) is 1.14. The zero-order valence-electron chi connectivity index (χ0n) is 5.68. The fourth-order valence-corrected chi connectivity index (χ4v) is 0.541. The van der Waals surface area contributed by atoms with Crippen molar-refractivity contribution in [1.29, 1.82) is 5.26 Å². The first-order valence-electron chi connectivity index (χ1n) is 3.20. The molecule has 0 unspecified atom stereocenters. The predicted octanol–water partition coefficient (Wildman–Crippen LogP) is 1.66. The molecule has 0 rings (SSSR count). The average molecular weight is 125 g/mol. The van der Waals surface area contributed by atoms with E-state index in [0.717, 1.165) is 6.42 Å². The molecule has 50 valence electrons. The van der Waals surface area contributed by atoms with Gasteiger partial charge in [0.25, 0.3) is 0 Å². The van der Waals surface area contributed by atoms with E-state index in [2.05, 4.69) is 0 Å². The summed E-state index contributed by atoms with van der Waals surface area (Å²) < 4.78 is 0. The van der Waals surface area contributed by atoms with E-state index in [9.17, 15) is 4.79 Å². The van der Waals surface area contributed by atoms with Crippen molar-refractivity contribution in [2.45, 2.75) is 32.6 Å². The standard InChI is InChI=1S/C7H11NO/c1-2-7(9)5-3-4-6-8/h2-5H2,1H3. The highest BCUT2D eigenvalue weighted by Gasteiger charge is 1.95. The summed E-state index contributed by atoms with van der Waals surface area (Å²) in [5.74, 6) is 0.255. The van der Waals surface area contributed by atoms with Crippen molar-refractivity contribution in [1.82, 2.24) is 0 Å². The van der Waals surface area contributed by atoms with E-state index in [4.69, 9.17) is 5.26 Å². The smallest absolute Gasteiger partial charge is 0.132 e. The zero-order valence-corrected chi connectivity index (χ0v) is 5.68. The van der Waals surface area contributed by atoms with Gasteiger partial charge in [0.2, 0.25) is 0 Å². The van der Waals surface area contributed by atoms with E-state index in [0.29, 0.717) is 19.3 Å². The number of ketones is 1. The Morgan fingerprint density at radius 3 is 2.78 bits per heavy atom. The van der Waals surface area contributed by atoms with Gasteiger partial charge in [-0.3, -0.25) is 4.79 Å². The van der Waals surface area contributed by atoms with E-state index in [1.54, 1.807) is 0 Å². The largest absolute Gasteiger partial charge is 0.300 e. The van der Waals surface area contributed by atoms with Crippen LogP contribution in [0.1, 0.15) is 32.6 Å². The lowest BCUT2D eigenvalue weighted by molar-refractivity contribution is -0.118. The topological polar surface area (TPSA) is 40.9 Å². The minimum Gasteiger partial charge on any atom is -0.300 e. The number of rotatable bonds is 4. The van der Waals surface area contributed by atoms with Crippen LogP contribution in [0, 0.1) is 11.3 Å². The van der Waals surface area contributed by atoms with Crippen LogP contribution in [0.15, 0.2) is 0 Å². The van der Waals surface area contributed by atoms with Gasteiger partial charge in [-0.1, -0.05) is 6.92 Å². The number of hydrogen-bond donors (Lipinski definition) is 0. The number of nitriles is 1. The van der Waals surface area contributed by atoms with Crippen LogP contribution in [0.2, 0.25) is 0 Å². The minimum absolute atomic E-state index is 0.255. The summed E-state index contributed by atoms with van der Waals surface area (Å²) in [5, 5.41) is 8.09. The molecular weight excluding hydrogens is 114 g/mol. The maximum atomic E-state index is 10.6. The quantitative estimate of drug-likeness (QED) is 0.536. The normalized spacial score (nSPS) is 8.44. The van der Waals surface area contributed by atoms with Crippen molar-refractivity contribution in [2.75, 3.05) is 0 Å². The maximum absolute atomic E-state index is 10.6. The molecule has 0 saturated carbocycles. The monoisotopic (exact) mass is 125 g/mol. The molecule has 0 bridgehead atoms. The van der Waals surface area contributed by atoms with Gasteiger partial charge < -0.3 is 0 Å². The van der Waals surface area contributed by atoms with Crippen LogP contribution in [-0.4, -0.2) is 5.78 Å². The Kier molecular flexibility index (Phi) is 4.81. The molecule has 9 heavy (non-hydrogen) atoms. The molecule has 0 N–H and O–H groups in total. The van der Waals surface area contributed by atoms with Crippen LogP contribution in [0.5, 0.6) is 0 Å². The molecule has 0 aromatic rings. The summed E-state index contributed by atoms with van der Waals surface area (Å²) in [7, 11) is 0. The molecule has 0 aliphatic carbocycles. The summed E-state index contributed by atoms with van der Waals surface area (Å²) in [6, 6.07) is 1.99. The molecule has 0 spiro atoms. The molecule has 0 aliphatic heterocycles. The zero-order chi connectivity index (χ0) is 7.11. The second kappa shape index (κ2) is 5.30. The van der Waals surface area contributed by atoms with Crippen molar-refractivity contribution in [3.05, 3.63) is 0 Å². The number of carbonyl (C=O) groups excluding carboxylic acids is 1. The van der Waals surface area contributed by atoms with E-state index in [1.807, 2.05) is 13.0 Å². The molecule has 0 heterocycles. The molecule has 2 heteroatoms. The molecule has 0 aromatic carbocycles. The minimum atomic E-state index is 0.255. The summed E-state index contributed by atoms with van der Waals surface area (Å²) in [6.07, 6.45) is 2.41. The second-order valence-electron chi connectivity index (χ2n) is 1.90. The second-order valence-corrected chi connectivity index (χ2v) is 1.90. The first-order chi connectivity index (χ1) is 4.31. The van der Waals surface area contributed by atoms with Gasteiger partial charge in [-0.25, -0.2) is 0 Å². The van der Waals surface area contributed by atoms with E-state index in [-0.39, 0.29) is 5.78 Å². The van der Waals surface area contributed by atoms with Crippen LogP contribution in [0.4, 0.5) is 0 Å². The van der Waals surface area contributed by atoms with Crippen molar-refractivity contribution >= 4 is 5.78 Å². The van der Waals surface area contributed by atoms with Crippen molar-refractivity contribution in [2.24, 2.45) is 0 Å². The third-order valence-corrected chi connectivity index (χ3v) is 1.14. The fraction of sp³-hybridized carbons (Fsp3) is 0.714. The molecule has 2 nitrogen and oxygen atoms in total. The van der Waals surface area contributed by atoms with Crippen molar-refractivity contribution < 1.29 is 4.79 Å². The molecule has 0 aliphatic rings. The van der Waals surface area contributed by atoms with E-state index >= 15 is 0 Å². The Hall–Kier alpha value is -0.840. The van der Waals surface area contributed by atoms with Crippen molar-refractivity contribution in [3.8, 4) is 6.07 Å². The predicted molar refractivity (Wildman–Crippen MR) is 34.8 cm³/mol. The van der Waals surface area contributed by atoms with Crippen LogP contribution < -0.4 is 0 Å². The third kappa shape index (κ3) is 5.02. The Balaban J connectivity index is 3.09. The van der Waals surface area contributed by atoms with Crippen LogP contribution in [-0.2, 0) is 4.79 Å². The number of hydrogen-bond acceptors (Lipinski definition) is 2. The van der Waals surface area contributed by atoms with Crippen LogP contribution >= 0.6 is 0 Å². The summed E-state index contributed by atoms with van der Waals surface area (Å²) in [5.41, 5.74) is 0. The van der Waals surface area contributed by atoms with Crippen molar-refractivity contribution in [3.63, 3.8) is 0 Å². The number of Topliss-reactive ketones (excluding diaryl/α,β-unsaturated/α-hetero) is 1. The first-order valence-corrected chi connectivity index (χ1v) is 3.20. The van der Waals surface area contributed by atoms with E-state index in [1.165, 1.54) is 0 Å². The van der Waals surface area contributed by atoms with Gasteiger partial charge >= 0.3 is 0 Å². The van der Waals surface area contributed by atoms with Gasteiger partial charge in [-0.05, 0) is 6.42 Å². The van der Waals surface area contributed by atoms with Gasteiger partial charge in [-0.2, -0.15) is 5.26 Å². The van der Waals surface area contributed by atoms with Gasteiger partial charge in [-0.15, -0.1) is 0 Å². The Morgan fingerprint density at radius 2 is 2.33 bits per heavy atom. The summed E-state index contributed by atoms with van der Waals surface area (Å²) in [4.78, 5) is 10.6.